The van der Waals surface area contributed by atoms with Crippen LogP contribution in [0.5, 0.6) is 11.5 Å². The lowest BCUT2D eigenvalue weighted by Gasteiger charge is -2.23. The van der Waals surface area contributed by atoms with Crippen molar-refractivity contribution in [1.29, 1.82) is 0 Å². The van der Waals surface area contributed by atoms with E-state index in [9.17, 15) is 9.18 Å². The third-order valence-corrected chi connectivity index (χ3v) is 4.12. The molecule has 0 saturated heterocycles. The highest BCUT2D eigenvalue weighted by Gasteiger charge is 2.24. The molecule has 0 N–H and O–H groups in total. The normalized spacial score (nSPS) is 13.2. The van der Waals surface area contributed by atoms with Gasteiger partial charge in [0, 0.05) is 5.92 Å². The largest absolute Gasteiger partial charge is 0.497 e. The lowest BCUT2D eigenvalue weighted by Crippen LogP contribution is -2.12. The van der Waals surface area contributed by atoms with Gasteiger partial charge < -0.3 is 14.3 Å². The number of rotatable bonds is 7. The van der Waals surface area contributed by atoms with Gasteiger partial charge in [-0.1, -0.05) is 25.1 Å². The first-order chi connectivity index (χ1) is 11.1. The predicted octanol–water partition coefficient (Wildman–Crippen LogP) is 4.32. The second kappa shape index (κ2) is 7.77. The van der Waals surface area contributed by atoms with Gasteiger partial charge in [-0.2, -0.15) is 0 Å². The van der Waals surface area contributed by atoms with E-state index in [1.54, 1.807) is 13.2 Å². The van der Waals surface area contributed by atoms with Gasteiger partial charge in [0.1, 0.15) is 12.0 Å². The SMILES string of the molecule is CCC(c1ccc(OC)c(F)c1)C(C=O)c1ccc(OC)cc1. The molecule has 0 amide bonds. The molecule has 0 aliphatic rings. The van der Waals surface area contributed by atoms with Crippen LogP contribution in [0, 0.1) is 5.82 Å². The second-order valence-corrected chi connectivity index (χ2v) is 5.34. The number of hydrogen-bond acceptors (Lipinski definition) is 3. The molecule has 2 aromatic carbocycles. The maximum Gasteiger partial charge on any atom is 0.165 e. The van der Waals surface area contributed by atoms with Gasteiger partial charge in [-0.15, -0.1) is 0 Å². The van der Waals surface area contributed by atoms with E-state index in [1.807, 2.05) is 37.3 Å². The van der Waals surface area contributed by atoms with Crippen LogP contribution in [0.1, 0.15) is 36.3 Å². The zero-order valence-electron chi connectivity index (χ0n) is 13.6. The van der Waals surface area contributed by atoms with E-state index in [-0.39, 0.29) is 17.6 Å². The van der Waals surface area contributed by atoms with Gasteiger partial charge in [0.15, 0.2) is 11.6 Å². The van der Waals surface area contributed by atoms with Crippen molar-refractivity contribution in [2.45, 2.75) is 25.2 Å². The first kappa shape index (κ1) is 17.0. The number of ether oxygens (including phenoxy) is 2. The van der Waals surface area contributed by atoms with E-state index >= 15 is 0 Å². The molecule has 0 bridgehead atoms. The molecular weight excluding hydrogens is 295 g/mol. The highest BCUT2D eigenvalue weighted by Crippen LogP contribution is 2.36. The van der Waals surface area contributed by atoms with Crippen LogP contribution in [0.25, 0.3) is 0 Å². The Kier molecular flexibility index (Phi) is 5.74. The molecule has 23 heavy (non-hydrogen) atoms. The van der Waals surface area contributed by atoms with E-state index in [0.717, 1.165) is 29.6 Å². The zero-order chi connectivity index (χ0) is 16.8. The Morgan fingerprint density at radius 3 is 2.17 bits per heavy atom. The molecular formula is C19H21FO3. The van der Waals surface area contributed by atoms with Crippen molar-refractivity contribution in [1.82, 2.24) is 0 Å². The number of hydrogen-bond donors (Lipinski definition) is 0. The van der Waals surface area contributed by atoms with Crippen LogP contribution in [0.4, 0.5) is 4.39 Å². The minimum Gasteiger partial charge on any atom is -0.497 e. The molecule has 2 unspecified atom stereocenters. The molecule has 122 valence electrons. The fraction of sp³-hybridized carbons (Fsp3) is 0.316. The van der Waals surface area contributed by atoms with Crippen molar-refractivity contribution in [3.8, 4) is 11.5 Å². The predicted molar refractivity (Wildman–Crippen MR) is 87.8 cm³/mol. The van der Waals surface area contributed by atoms with E-state index in [4.69, 9.17) is 9.47 Å². The summed E-state index contributed by atoms with van der Waals surface area (Å²) in [6.07, 6.45) is 1.65. The molecule has 4 heteroatoms. The van der Waals surface area contributed by atoms with Crippen LogP contribution in [0.3, 0.4) is 0 Å². The standard InChI is InChI=1S/C19H21FO3/c1-4-16(14-7-10-19(23-3)18(20)11-14)17(12-21)13-5-8-15(22-2)9-6-13/h5-12,16-17H,4H2,1-3H3. The summed E-state index contributed by atoms with van der Waals surface area (Å²) in [5, 5.41) is 0. The Morgan fingerprint density at radius 1 is 1.04 bits per heavy atom. The van der Waals surface area contributed by atoms with Crippen LogP contribution < -0.4 is 9.47 Å². The summed E-state index contributed by atoms with van der Waals surface area (Å²) in [6.45, 7) is 1.99. The van der Waals surface area contributed by atoms with Gasteiger partial charge in [0.05, 0.1) is 14.2 Å². The molecule has 2 aromatic rings. The topological polar surface area (TPSA) is 35.5 Å². The van der Waals surface area contributed by atoms with Gasteiger partial charge in [-0.3, -0.25) is 0 Å². The van der Waals surface area contributed by atoms with Gasteiger partial charge in [0.25, 0.3) is 0 Å². The average molecular weight is 316 g/mol. The lowest BCUT2D eigenvalue weighted by molar-refractivity contribution is -0.109. The molecule has 0 heterocycles. The Balaban J connectivity index is 2.35. The molecule has 0 spiro atoms. The van der Waals surface area contributed by atoms with Crippen molar-refractivity contribution in [2.24, 2.45) is 0 Å². The molecule has 0 radical (unpaired) electrons. The summed E-state index contributed by atoms with van der Waals surface area (Å²) in [6, 6.07) is 12.3. The highest BCUT2D eigenvalue weighted by molar-refractivity contribution is 5.65. The maximum absolute atomic E-state index is 14.0. The molecule has 2 rings (SSSR count). The summed E-state index contributed by atoms with van der Waals surface area (Å²) >= 11 is 0. The minimum absolute atomic E-state index is 0.0960. The summed E-state index contributed by atoms with van der Waals surface area (Å²) in [7, 11) is 3.03. The number of benzene rings is 2. The fourth-order valence-corrected chi connectivity index (χ4v) is 2.84. The van der Waals surface area contributed by atoms with E-state index in [2.05, 4.69) is 0 Å². The van der Waals surface area contributed by atoms with Gasteiger partial charge >= 0.3 is 0 Å². The van der Waals surface area contributed by atoms with Crippen LogP contribution >= 0.6 is 0 Å². The summed E-state index contributed by atoms with van der Waals surface area (Å²) in [5.74, 6) is 0.0977. The van der Waals surface area contributed by atoms with Crippen molar-refractivity contribution < 1.29 is 18.7 Å². The molecule has 0 aromatic heterocycles. The van der Waals surface area contributed by atoms with E-state index < -0.39 is 5.82 Å². The first-order valence-electron chi connectivity index (χ1n) is 7.57. The lowest BCUT2D eigenvalue weighted by atomic mass is 9.80. The van der Waals surface area contributed by atoms with Crippen LogP contribution in [0.15, 0.2) is 42.5 Å². The number of carbonyl (C=O) groups excluding carboxylic acids is 1. The van der Waals surface area contributed by atoms with E-state index in [1.165, 1.54) is 13.2 Å². The molecule has 0 saturated carbocycles. The number of carbonyl (C=O) groups is 1. The third-order valence-electron chi connectivity index (χ3n) is 4.12. The summed E-state index contributed by atoms with van der Waals surface area (Å²) in [5.41, 5.74) is 1.68. The Labute approximate surface area is 136 Å². The Morgan fingerprint density at radius 2 is 1.70 bits per heavy atom. The second-order valence-electron chi connectivity index (χ2n) is 5.34. The molecule has 3 nitrogen and oxygen atoms in total. The number of halogens is 1. The maximum atomic E-state index is 14.0. The quantitative estimate of drug-likeness (QED) is 0.714. The third kappa shape index (κ3) is 3.70. The molecule has 2 atom stereocenters. The van der Waals surface area contributed by atoms with Crippen molar-refractivity contribution >= 4 is 6.29 Å². The highest BCUT2D eigenvalue weighted by atomic mass is 19.1. The Hall–Kier alpha value is -2.36. The average Bonchev–Trinajstić information content (AvgIpc) is 2.59. The molecule has 0 aliphatic carbocycles. The van der Waals surface area contributed by atoms with Crippen molar-refractivity contribution in [2.75, 3.05) is 14.2 Å². The first-order valence-corrected chi connectivity index (χ1v) is 7.57. The zero-order valence-corrected chi connectivity index (χ0v) is 13.6. The fourth-order valence-electron chi connectivity index (χ4n) is 2.84. The van der Waals surface area contributed by atoms with Crippen LogP contribution in [0.2, 0.25) is 0 Å². The molecule has 0 fully saturated rings. The van der Waals surface area contributed by atoms with Crippen LogP contribution in [-0.2, 0) is 4.79 Å². The smallest absolute Gasteiger partial charge is 0.165 e. The Bertz CT molecular complexity index is 652. The number of methoxy groups -OCH3 is 2. The van der Waals surface area contributed by atoms with E-state index in [0.29, 0.717) is 0 Å². The summed E-state index contributed by atoms with van der Waals surface area (Å²) in [4.78, 5) is 11.7. The number of aldehydes is 1. The van der Waals surface area contributed by atoms with Gasteiger partial charge in [-0.05, 0) is 47.7 Å². The summed E-state index contributed by atoms with van der Waals surface area (Å²) < 4.78 is 24.1. The molecule has 0 aliphatic heterocycles. The van der Waals surface area contributed by atoms with Crippen molar-refractivity contribution in [3.05, 3.63) is 59.4 Å². The monoisotopic (exact) mass is 316 g/mol. The van der Waals surface area contributed by atoms with Gasteiger partial charge in [-0.25, -0.2) is 4.39 Å². The van der Waals surface area contributed by atoms with Crippen molar-refractivity contribution in [3.63, 3.8) is 0 Å². The van der Waals surface area contributed by atoms with Crippen LogP contribution in [-0.4, -0.2) is 20.5 Å². The van der Waals surface area contributed by atoms with Gasteiger partial charge in [0.2, 0.25) is 0 Å². The minimum atomic E-state index is -0.414.